The average Bonchev–Trinajstić information content (AvgIpc) is 2.21. The summed E-state index contributed by atoms with van der Waals surface area (Å²) in [5.41, 5.74) is 3.58. The van der Waals surface area contributed by atoms with Crippen LogP contribution in [0.4, 0.5) is 0 Å². The van der Waals surface area contributed by atoms with Crippen LogP contribution in [0.3, 0.4) is 0 Å². The first kappa shape index (κ1) is 12.1. The van der Waals surface area contributed by atoms with Gasteiger partial charge in [-0.2, -0.15) is 5.26 Å². The highest BCUT2D eigenvalue weighted by Gasteiger charge is 1.88. The molecule has 0 radical (unpaired) electrons. The first-order valence-corrected chi connectivity index (χ1v) is 4.25. The lowest BCUT2D eigenvalue weighted by Gasteiger charge is -1.97. The second kappa shape index (κ2) is 9.20. The molecule has 1 aromatic carbocycles. The number of hydrogen-bond acceptors (Lipinski definition) is 3. The van der Waals surface area contributed by atoms with E-state index in [1.165, 1.54) is 12.5 Å². The molecule has 0 amide bonds. The van der Waals surface area contributed by atoms with Crippen LogP contribution in [0.5, 0.6) is 0 Å². The standard InChI is InChI=1S/C8H10N2O.C2H3N/c11-10-9-7-6-8-4-2-1-3-5-8;1-2-3/h1-5H,6-7H2,(H,9,11);1H3. The van der Waals surface area contributed by atoms with E-state index in [-0.39, 0.29) is 0 Å². The van der Waals surface area contributed by atoms with Gasteiger partial charge in [-0.15, -0.1) is 4.91 Å². The van der Waals surface area contributed by atoms with Crippen LogP contribution in [0.15, 0.2) is 35.6 Å². The zero-order valence-electron chi connectivity index (χ0n) is 8.10. The van der Waals surface area contributed by atoms with Gasteiger partial charge in [-0.1, -0.05) is 30.3 Å². The molecule has 74 valence electrons. The summed E-state index contributed by atoms with van der Waals surface area (Å²) in [4.78, 5) is 9.63. The molecule has 0 spiro atoms. The predicted molar refractivity (Wildman–Crippen MR) is 55.2 cm³/mol. The molecular weight excluding hydrogens is 178 g/mol. The third kappa shape index (κ3) is 6.80. The molecule has 0 unspecified atom stereocenters. The molecular formula is C10H13N3O. The van der Waals surface area contributed by atoms with E-state index in [0.29, 0.717) is 6.54 Å². The Morgan fingerprint density at radius 1 is 1.43 bits per heavy atom. The van der Waals surface area contributed by atoms with Gasteiger partial charge in [-0.25, -0.2) is 0 Å². The van der Waals surface area contributed by atoms with E-state index in [1.54, 1.807) is 6.07 Å². The third-order valence-corrected chi connectivity index (χ3v) is 1.43. The Morgan fingerprint density at radius 3 is 2.50 bits per heavy atom. The van der Waals surface area contributed by atoms with Gasteiger partial charge < -0.3 is 0 Å². The minimum atomic E-state index is 0.605. The van der Waals surface area contributed by atoms with Crippen molar-refractivity contribution in [2.75, 3.05) is 6.54 Å². The van der Waals surface area contributed by atoms with Gasteiger partial charge in [-0.3, -0.25) is 5.43 Å². The van der Waals surface area contributed by atoms with Gasteiger partial charge in [0.2, 0.25) is 0 Å². The molecule has 0 aromatic heterocycles. The Bertz CT molecular complexity index is 279. The van der Waals surface area contributed by atoms with Crippen LogP contribution in [-0.2, 0) is 6.42 Å². The molecule has 14 heavy (non-hydrogen) atoms. The molecule has 1 aromatic rings. The van der Waals surface area contributed by atoms with E-state index < -0.39 is 0 Å². The molecule has 0 atom stereocenters. The summed E-state index contributed by atoms with van der Waals surface area (Å²) in [6, 6.07) is 11.7. The van der Waals surface area contributed by atoms with E-state index in [0.717, 1.165) is 6.42 Å². The number of hydrogen-bond donors (Lipinski definition) is 1. The van der Waals surface area contributed by atoms with Crippen molar-refractivity contribution in [1.82, 2.24) is 5.43 Å². The largest absolute Gasteiger partial charge is 0.273 e. The van der Waals surface area contributed by atoms with Crippen LogP contribution in [0.25, 0.3) is 0 Å². The molecule has 0 aliphatic rings. The van der Waals surface area contributed by atoms with Crippen molar-refractivity contribution in [2.45, 2.75) is 13.3 Å². The Hall–Kier alpha value is -1.89. The lowest BCUT2D eigenvalue weighted by atomic mass is 10.2. The van der Waals surface area contributed by atoms with Crippen molar-refractivity contribution in [1.29, 1.82) is 5.26 Å². The second-order valence-corrected chi connectivity index (χ2v) is 2.46. The summed E-state index contributed by atoms with van der Waals surface area (Å²) < 4.78 is 0. The zero-order valence-corrected chi connectivity index (χ0v) is 8.10. The molecule has 0 fully saturated rings. The number of nitrogens with one attached hydrogen (secondary N) is 1. The van der Waals surface area contributed by atoms with Gasteiger partial charge in [0.1, 0.15) is 0 Å². The number of nitroso groups, excluding NO2 is 1. The maximum Gasteiger partial charge on any atom is 0.0587 e. The van der Waals surface area contributed by atoms with Crippen LogP contribution in [-0.4, -0.2) is 6.54 Å². The summed E-state index contributed by atoms with van der Waals surface area (Å²) >= 11 is 0. The maximum absolute atomic E-state index is 9.63. The number of nitrogens with zero attached hydrogens (tertiary/aromatic N) is 2. The molecule has 1 rings (SSSR count). The Morgan fingerprint density at radius 2 is 2.00 bits per heavy atom. The molecule has 0 saturated carbocycles. The average molecular weight is 191 g/mol. The van der Waals surface area contributed by atoms with E-state index in [1.807, 2.05) is 30.3 Å². The fourth-order valence-corrected chi connectivity index (χ4v) is 0.891. The van der Waals surface area contributed by atoms with Crippen LogP contribution in [0.1, 0.15) is 12.5 Å². The Balaban J connectivity index is 0.000000500. The third-order valence-electron chi connectivity index (χ3n) is 1.43. The number of nitriles is 1. The van der Waals surface area contributed by atoms with Gasteiger partial charge >= 0.3 is 0 Å². The van der Waals surface area contributed by atoms with Crippen LogP contribution in [0.2, 0.25) is 0 Å². The molecule has 4 heteroatoms. The van der Waals surface area contributed by atoms with Crippen molar-refractivity contribution in [3.05, 3.63) is 40.8 Å². The molecule has 0 heterocycles. The zero-order chi connectivity index (χ0) is 10.6. The van der Waals surface area contributed by atoms with Crippen molar-refractivity contribution in [2.24, 2.45) is 5.29 Å². The van der Waals surface area contributed by atoms with E-state index in [2.05, 4.69) is 10.7 Å². The monoisotopic (exact) mass is 191 g/mol. The highest BCUT2D eigenvalue weighted by Crippen LogP contribution is 1.97. The molecule has 0 aliphatic carbocycles. The lowest BCUT2D eigenvalue weighted by molar-refractivity contribution is 0.724. The number of benzene rings is 1. The van der Waals surface area contributed by atoms with Gasteiger partial charge in [0.25, 0.3) is 0 Å². The fourth-order valence-electron chi connectivity index (χ4n) is 0.891. The minimum Gasteiger partial charge on any atom is -0.273 e. The quantitative estimate of drug-likeness (QED) is 0.450. The topological polar surface area (TPSA) is 65.2 Å². The highest BCUT2D eigenvalue weighted by molar-refractivity contribution is 5.14. The van der Waals surface area contributed by atoms with Gasteiger partial charge in [0.05, 0.1) is 6.07 Å². The van der Waals surface area contributed by atoms with E-state index >= 15 is 0 Å². The summed E-state index contributed by atoms with van der Waals surface area (Å²) in [5.74, 6) is 0. The van der Waals surface area contributed by atoms with Gasteiger partial charge in [-0.05, 0) is 12.0 Å². The predicted octanol–water partition coefficient (Wildman–Crippen LogP) is 2.03. The highest BCUT2D eigenvalue weighted by atomic mass is 16.3. The van der Waals surface area contributed by atoms with Crippen molar-refractivity contribution < 1.29 is 0 Å². The Labute approximate surface area is 83.5 Å². The van der Waals surface area contributed by atoms with Crippen molar-refractivity contribution >= 4 is 0 Å². The maximum atomic E-state index is 9.63. The molecule has 0 saturated heterocycles. The van der Waals surface area contributed by atoms with Gasteiger partial charge in [0.15, 0.2) is 0 Å². The van der Waals surface area contributed by atoms with Crippen LogP contribution >= 0.6 is 0 Å². The van der Waals surface area contributed by atoms with E-state index in [9.17, 15) is 4.91 Å². The minimum absolute atomic E-state index is 0.605. The SMILES string of the molecule is CC#N.O=NNCCc1ccccc1. The van der Waals surface area contributed by atoms with Crippen LogP contribution < -0.4 is 5.43 Å². The molecule has 0 bridgehead atoms. The smallest absolute Gasteiger partial charge is 0.0587 e. The van der Waals surface area contributed by atoms with Crippen molar-refractivity contribution in [3.63, 3.8) is 0 Å². The number of rotatable bonds is 4. The fraction of sp³-hybridized carbons (Fsp3) is 0.300. The first-order valence-electron chi connectivity index (χ1n) is 4.25. The summed E-state index contributed by atoms with van der Waals surface area (Å²) in [6.45, 7) is 2.04. The summed E-state index contributed by atoms with van der Waals surface area (Å²) in [7, 11) is 0. The molecule has 1 N–H and O–H groups in total. The molecule has 4 nitrogen and oxygen atoms in total. The van der Waals surface area contributed by atoms with Crippen molar-refractivity contribution in [3.8, 4) is 6.07 Å². The van der Waals surface area contributed by atoms with Crippen LogP contribution in [0, 0.1) is 16.2 Å². The first-order chi connectivity index (χ1) is 6.85. The van der Waals surface area contributed by atoms with Gasteiger partial charge in [0, 0.05) is 18.8 Å². The summed E-state index contributed by atoms with van der Waals surface area (Å²) in [6.07, 6.45) is 0.840. The Kier molecular flexibility index (Phi) is 7.96. The summed E-state index contributed by atoms with van der Waals surface area (Å²) in [5, 5.41) is 9.87. The second-order valence-electron chi connectivity index (χ2n) is 2.46. The lowest BCUT2D eigenvalue weighted by Crippen LogP contribution is -2.08. The van der Waals surface area contributed by atoms with E-state index in [4.69, 9.17) is 5.26 Å². The molecule has 0 aliphatic heterocycles. The normalized spacial score (nSPS) is 7.71.